The first kappa shape index (κ1) is 7.64. The summed E-state index contributed by atoms with van der Waals surface area (Å²) in [6.45, 7) is 0.892. The first-order valence-electron chi connectivity index (χ1n) is 3.16. The van der Waals surface area contributed by atoms with E-state index in [2.05, 4.69) is 11.2 Å². The van der Waals surface area contributed by atoms with Gasteiger partial charge in [0.25, 0.3) is 0 Å². The smallest absolute Gasteiger partial charge is 0.222 e. The Balaban J connectivity index is 2.40. The van der Waals surface area contributed by atoms with Crippen molar-refractivity contribution < 1.29 is 4.79 Å². The Morgan fingerprint density at radius 2 is 2.60 bits per heavy atom. The highest BCUT2D eigenvalue weighted by molar-refractivity contribution is 7.99. The molecule has 1 aliphatic rings. The highest BCUT2D eigenvalue weighted by Gasteiger charge is 2.18. The van der Waals surface area contributed by atoms with Crippen molar-refractivity contribution in [2.75, 3.05) is 18.1 Å². The maximum absolute atomic E-state index is 10.9. The summed E-state index contributed by atoms with van der Waals surface area (Å²) in [5, 5.41) is 3.06. The van der Waals surface area contributed by atoms with Crippen LogP contribution in [-0.4, -0.2) is 29.9 Å². The zero-order valence-electron chi connectivity index (χ0n) is 5.59. The second kappa shape index (κ2) is 3.65. The SMILES string of the molecule is C#CC(=O)C1CSCCN1. The van der Waals surface area contributed by atoms with Crippen molar-refractivity contribution in [3.05, 3.63) is 0 Å². The van der Waals surface area contributed by atoms with Crippen LogP contribution in [0.25, 0.3) is 0 Å². The van der Waals surface area contributed by atoms with E-state index in [-0.39, 0.29) is 11.8 Å². The van der Waals surface area contributed by atoms with Gasteiger partial charge in [0.05, 0.1) is 6.04 Å². The van der Waals surface area contributed by atoms with Crippen LogP contribution in [0.3, 0.4) is 0 Å². The molecule has 1 aliphatic heterocycles. The number of carbonyl (C=O) groups is 1. The van der Waals surface area contributed by atoms with E-state index < -0.39 is 0 Å². The third kappa shape index (κ3) is 1.76. The second-order valence-corrected chi connectivity index (χ2v) is 3.24. The van der Waals surface area contributed by atoms with Gasteiger partial charge in [0.1, 0.15) is 0 Å². The lowest BCUT2D eigenvalue weighted by atomic mass is 10.2. The van der Waals surface area contributed by atoms with Gasteiger partial charge >= 0.3 is 0 Å². The number of thioether (sulfide) groups is 1. The number of nitrogens with one attached hydrogen (secondary N) is 1. The Bertz CT molecular complexity index is 167. The summed E-state index contributed by atoms with van der Waals surface area (Å²) in [5.41, 5.74) is 0. The normalized spacial score (nSPS) is 25.3. The monoisotopic (exact) mass is 155 g/mol. The lowest BCUT2D eigenvalue weighted by molar-refractivity contribution is -0.115. The number of Topliss-reactive ketones (excluding diaryl/α,β-unsaturated/α-hetero) is 1. The molecule has 0 bridgehead atoms. The van der Waals surface area contributed by atoms with Gasteiger partial charge in [-0.2, -0.15) is 11.8 Å². The standard InChI is InChI=1S/C7H9NOS/c1-2-7(9)6-5-10-4-3-8-6/h1,6,8H,3-5H2. The summed E-state index contributed by atoms with van der Waals surface area (Å²) in [7, 11) is 0. The number of hydrogen-bond acceptors (Lipinski definition) is 3. The van der Waals surface area contributed by atoms with E-state index in [1.807, 2.05) is 0 Å². The van der Waals surface area contributed by atoms with Crippen LogP contribution >= 0.6 is 11.8 Å². The Morgan fingerprint density at radius 3 is 3.10 bits per heavy atom. The minimum absolute atomic E-state index is 0.0938. The fraction of sp³-hybridized carbons (Fsp3) is 0.571. The van der Waals surface area contributed by atoms with Gasteiger partial charge < -0.3 is 5.32 Å². The lowest BCUT2D eigenvalue weighted by Gasteiger charge is -2.19. The average molecular weight is 155 g/mol. The minimum atomic E-state index is -0.118. The van der Waals surface area contributed by atoms with Gasteiger partial charge in [-0.25, -0.2) is 0 Å². The molecular weight excluding hydrogens is 146 g/mol. The summed E-state index contributed by atoms with van der Waals surface area (Å²) in [6.07, 6.45) is 4.95. The van der Waals surface area contributed by atoms with Gasteiger partial charge in [-0.1, -0.05) is 0 Å². The van der Waals surface area contributed by atoms with E-state index in [0.717, 1.165) is 18.1 Å². The summed E-state index contributed by atoms with van der Waals surface area (Å²) in [4.78, 5) is 10.9. The molecule has 0 radical (unpaired) electrons. The molecule has 1 fully saturated rings. The quantitative estimate of drug-likeness (QED) is 0.423. The number of rotatable bonds is 1. The van der Waals surface area contributed by atoms with Gasteiger partial charge in [0.2, 0.25) is 5.78 Å². The molecule has 1 unspecified atom stereocenters. The average Bonchev–Trinajstić information content (AvgIpc) is 2.05. The number of terminal acetylenes is 1. The first-order chi connectivity index (χ1) is 4.84. The molecule has 0 aromatic carbocycles. The molecule has 1 rings (SSSR count). The van der Waals surface area contributed by atoms with Gasteiger partial charge in [0, 0.05) is 18.1 Å². The molecule has 1 saturated heterocycles. The van der Waals surface area contributed by atoms with Gasteiger partial charge in [-0.05, 0) is 5.92 Å². The lowest BCUT2D eigenvalue weighted by Crippen LogP contribution is -2.42. The van der Waals surface area contributed by atoms with E-state index in [4.69, 9.17) is 6.42 Å². The molecular formula is C7H9NOS. The fourth-order valence-electron chi connectivity index (χ4n) is 0.834. The third-order valence-corrected chi connectivity index (χ3v) is 2.44. The zero-order chi connectivity index (χ0) is 7.40. The van der Waals surface area contributed by atoms with E-state index in [1.165, 1.54) is 0 Å². The highest BCUT2D eigenvalue weighted by atomic mass is 32.2. The molecule has 0 aromatic heterocycles. The van der Waals surface area contributed by atoms with E-state index in [9.17, 15) is 4.79 Å². The maximum Gasteiger partial charge on any atom is 0.222 e. The van der Waals surface area contributed by atoms with Crippen LogP contribution in [0.15, 0.2) is 0 Å². The molecule has 3 heteroatoms. The molecule has 0 aliphatic carbocycles. The topological polar surface area (TPSA) is 29.1 Å². The zero-order valence-corrected chi connectivity index (χ0v) is 6.41. The van der Waals surface area contributed by atoms with Crippen LogP contribution in [0.1, 0.15) is 0 Å². The molecule has 0 saturated carbocycles. The predicted molar refractivity (Wildman–Crippen MR) is 43.0 cm³/mol. The summed E-state index contributed by atoms with van der Waals surface area (Å²) >= 11 is 1.77. The Kier molecular flexibility index (Phi) is 2.79. The van der Waals surface area contributed by atoms with E-state index in [1.54, 1.807) is 11.8 Å². The number of ketones is 1. The Labute approximate surface area is 64.8 Å². The molecule has 2 nitrogen and oxygen atoms in total. The van der Waals surface area contributed by atoms with Crippen molar-refractivity contribution in [2.24, 2.45) is 0 Å². The second-order valence-electron chi connectivity index (χ2n) is 2.09. The van der Waals surface area contributed by atoms with Crippen LogP contribution in [0.4, 0.5) is 0 Å². The Morgan fingerprint density at radius 1 is 1.80 bits per heavy atom. The maximum atomic E-state index is 10.9. The highest BCUT2D eigenvalue weighted by Crippen LogP contribution is 2.07. The minimum Gasteiger partial charge on any atom is -0.305 e. The van der Waals surface area contributed by atoms with Gasteiger partial charge in [0.15, 0.2) is 0 Å². The summed E-state index contributed by atoms with van der Waals surface area (Å²) < 4.78 is 0. The molecule has 1 N–H and O–H groups in total. The van der Waals surface area contributed by atoms with Crippen LogP contribution in [-0.2, 0) is 4.79 Å². The molecule has 1 heterocycles. The van der Waals surface area contributed by atoms with E-state index in [0.29, 0.717) is 0 Å². The summed E-state index contributed by atoms with van der Waals surface area (Å²) in [5.74, 6) is 3.90. The van der Waals surface area contributed by atoms with Crippen LogP contribution in [0, 0.1) is 12.3 Å². The van der Waals surface area contributed by atoms with Crippen LogP contribution in [0.5, 0.6) is 0 Å². The Hall–Kier alpha value is -0.460. The van der Waals surface area contributed by atoms with Crippen molar-refractivity contribution in [2.45, 2.75) is 6.04 Å². The van der Waals surface area contributed by atoms with Crippen LogP contribution in [0.2, 0.25) is 0 Å². The first-order valence-corrected chi connectivity index (χ1v) is 4.31. The largest absolute Gasteiger partial charge is 0.305 e. The molecule has 54 valence electrons. The van der Waals surface area contributed by atoms with Crippen molar-refractivity contribution >= 4 is 17.5 Å². The fourth-order valence-corrected chi connectivity index (χ4v) is 1.77. The number of hydrogen-bond donors (Lipinski definition) is 1. The molecule has 0 aromatic rings. The van der Waals surface area contributed by atoms with Crippen molar-refractivity contribution in [3.8, 4) is 12.3 Å². The van der Waals surface area contributed by atoms with Crippen LogP contribution < -0.4 is 5.32 Å². The summed E-state index contributed by atoms with van der Waals surface area (Å²) in [6, 6.07) is -0.0938. The van der Waals surface area contributed by atoms with Gasteiger partial charge in [-0.3, -0.25) is 4.79 Å². The number of carbonyl (C=O) groups excluding carboxylic acids is 1. The van der Waals surface area contributed by atoms with E-state index >= 15 is 0 Å². The van der Waals surface area contributed by atoms with Gasteiger partial charge in [-0.15, -0.1) is 6.42 Å². The molecule has 0 spiro atoms. The van der Waals surface area contributed by atoms with Crippen molar-refractivity contribution in [1.29, 1.82) is 0 Å². The van der Waals surface area contributed by atoms with Crippen molar-refractivity contribution in [1.82, 2.24) is 5.32 Å². The molecule has 10 heavy (non-hydrogen) atoms. The molecule has 1 atom stereocenters. The van der Waals surface area contributed by atoms with Crippen molar-refractivity contribution in [3.63, 3.8) is 0 Å². The predicted octanol–water partition coefficient (Wildman–Crippen LogP) is -0.106. The third-order valence-electron chi connectivity index (χ3n) is 1.38. The molecule has 0 amide bonds.